The third kappa shape index (κ3) is 6.44. The fourth-order valence-electron chi connectivity index (χ4n) is 4.56. The Bertz CT molecular complexity index is 1730. The van der Waals surface area contributed by atoms with Crippen molar-refractivity contribution in [2.75, 3.05) is 20.5 Å². The van der Waals surface area contributed by atoms with Crippen molar-refractivity contribution in [2.45, 2.75) is 19.1 Å². The smallest absolute Gasteiger partial charge is 0.345 e. The molecular weight excluding hydrogens is 616 g/mol. The van der Waals surface area contributed by atoms with Crippen LogP contribution in [-0.2, 0) is 16.5 Å². The zero-order valence-electron chi connectivity index (χ0n) is 22.6. The van der Waals surface area contributed by atoms with Crippen molar-refractivity contribution in [3.8, 4) is 33.8 Å². The molecule has 1 unspecified atom stereocenters. The summed E-state index contributed by atoms with van der Waals surface area (Å²) in [6.45, 7) is -3.39. The zero-order chi connectivity index (χ0) is 30.7. The van der Waals surface area contributed by atoms with Crippen LogP contribution in [0.25, 0.3) is 28.1 Å². The van der Waals surface area contributed by atoms with E-state index in [4.69, 9.17) is 32.7 Å². The highest BCUT2D eigenvalue weighted by Gasteiger charge is 2.27. The van der Waals surface area contributed by atoms with Crippen molar-refractivity contribution in [3.05, 3.63) is 82.1 Å². The molecule has 0 fully saturated rings. The largest absolute Gasteiger partial charge is 0.618 e. The highest BCUT2D eigenvalue weighted by molar-refractivity contribution is 6.31. The monoisotopic (exact) mass is 638 g/mol. The van der Waals surface area contributed by atoms with E-state index in [1.165, 1.54) is 59.3 Å². The van der Waals surface area contributed by atoms with E-state index in [1.807, 2.05) is 0 Å². The minimum Gasteiger partial charge on any atom is -0.618 e. The Morgan fingerprint density at radius 2 is 1.88 bits per heavy atom. The summed E-state index contributed by atoms with van der Waals surface area (Å²) in [4.78, 5) is 0. The molecule has 4 heterocycles. The van der Waals surface area contributed by atoms with E-state index in [-0.39, 0.29) is 52.5 Å². The predicted octanol–water partition coefficient (Wildman–Crippen LogP) is 4.81. The van der Waals surface area contributed by atoms with Crippen molar-refractivity contribution >= 4 is 23.2 Å². The summed E-state index contributed by atoms with van der Waals surface area (Å²) in [6, 6.07) is 4.95. The first-order valence-corrected chi connectivity index (χ1v) is 13.3. The summed E-state index contributed by atoms with van der Waals surface area (Å²) in [5.74, 6) is -0.363. The SMILES string of the molecule is COCOc1cnn(C)c1-c1cnn(C(CCOC(F)F)c2ccc(-c3c(-n4cc(Cl)nn4)ccc(Cl)c3F)c[n+]2[O-])c1. The first-order valence-electron chi connectivity index (χ1n) is 12.6. The van der Waals surface area contributed by atoms with Gasteiger partial charge in [-0.2, -0.15) is 23.7 Å². The van der Waals surface area contributed by atoms with Crippen molar-refractivity contribution in [2.24, 2.45) is 7.05 Å². The number of methoxy groups -OCH3 is 1. The molecule has 5 rings (SSSR count). The second-order valence-electron chi connectivity index (χ2n) is 9.09. The molecule has 0 saturated heterocycles. The molecule has 12 nitrogen and oxygen atoms in total. The van der Waals surface area contributed by atoms with E-state index in [9.17, 15) is 14.0 Å². The zero-order valence-corrected chi connectivity index (χ0v) is 24.1. The molecule has 43 heavy (non-hydrogen) atoms. The third-order valence-electron chi connectivity index (χ3n) is 6.43. The molecule has 0 spiro atoms. The fraction of sp³-hybridized carbons (Fsp3) is 0.269. The van der Waals surface area contributed by atoms with Crippen molar-refractivity contribution < 1.29 is 32.1 Å². The van der Waals surface area contributed by atoms with Gasteiger partial charge in [0, 0.05) is 38.4 Å². The lowest BCUT2D eigenvalue weighted by Gasteiger charge is -2.18. The molecule has 1 aromatic carbocycles. The van der Waals surface area contributed by atoms with Crippen LogP contribution in [0.3, 0.4) is 0 Å². The van der Waals surface area contributed by atoms with Crippen molar-refractivity contribution in [3.63, 3.8) is 0 Å². The predicted molar refractivity (Wildman–Crippen MR) is 147 cm³/mol. The van der Waals surface area contributed by atoms with E-state index in [1.54, 1.807) is 17.9 Å². The molecule has 0 aliphatic rings. The van der Waals surface area contributed by atoms with Gasteiger partial charge in [0.1, 0.15) is 11.7 Å². The van der Waals surface area contributed by atoms with Crippen LogP contribution in [-0.4, -0.2) is 61.7 Å². The van der Waals surface area contributed by atoms with Gasteiger partial charge in [0.05, 0.1) is 47.0 Å². The molecule has 0 aliphatic heterocycles. The Kier molecular flexibility index (Phi) is 9.15. The molecule has 4 aromatic heterocycles. The maximum atomic E-state index is 15.4. The number of aromatic nitrogens is 8. The van der Waals surface area contributed by atoms with Crippen LogP contribution in [0.4, 0.5) is 13.2 Å². The Balaban J connectivity index is 1.54. The second-order valence-corrected chi connectivity index (χ2v) is 9.88. The summed E-state index contributed by atoms with van der Waals surface area (Å²) in [6.07, 6.45) is 7.14. The molecule has 0 bridgehead atoms. The maximum absolute atomic E-state index is 15.4. The van der Waals surface area contributed by atoms with E-state index >= 15 is 4.39 Å². The van der Waals surface area contributed by atoms with Gasteiger partial charge in [-0.05, 0) is 18.2 Å². The van der Waals surface area contributed by atoms with E-state index in [0.29, 0.717) is 21.7 Å². The van der Waals surface area contributed by atoms with Gasteiger partial charge in [0.2, 0.25) is 5.69 Å². The molecule has 5 aromatic rings. The quantitative estimate of drug-likeness (QED) is 0.108. The normalized spacial score (nSPS) is 12.3. The average Bonchev–Trinajstić information content (AvgIpc) is 3.71. The van der Waals surface area contributed by atoms with Gasteiger partial charge in [-0.1, -0.05) is 28.4 Å². The highest BCUT2D eigenvalue weighted by atomic mass is 35.5. The molecule has 0 N–H and O–H groups in total. The van der Waals surface area contributed by atoms with Gasteiger partial charge in [0.25, 0.3) is 0 Å². The van der Waals surface area contributed by atoms with Gasteiger partial charge >= 0.3 is 6.61 Å². The van der Waals surface area contributed by atoms with Crippen LogP contribution in [0, 0.1) is 11.0 Å². The number of halogens is 5. The standard InChI is InChI=1S/C26H23Cl2F3N8O4/c1-36-25(21(10-32-36)43-14-41-2)16-9-33-37(11-16)18(7-8-42-26(30)31)19-5-3-15(12-39(19)40)23-20(6-4-17(27)24(23)29)38-13-22(28)34-35-38/h3-6,9-13,18,26H,7-8,14H2,1-2H3. The summed E-state index contributed by atoms with van der Waals surface area (Å²) in [5.41, 5.74) is 1.66. The molecule has 1 atom stereocenters. The molecule has 0 aliphatic carbocycles. The lowest BCUT2D eigenvalue weighted by atomic mass is 10.0. The number of hydrogen-bond donors (Lipinski definition) is 0. The number of nitrogens with zero attached hydrogens (tertiary/aromatic N) is 8. The van der Waals surface area contributed by atoms with E-state index in [2.05, 4.69) is 25.2 Å². The van der Waals surface area contributed by atoms with Gasteiger partial charge in [-0.3, -0.25) is 9.36 Å². The van der Waals surface area contributed by atoms with E-state index < -0.39 is 18.5 Å². The van der Waals surface area contributed by atoms with Crippen LogP contribution in [0.1, 0.15) is 18.2 Å². The summed E-state index contributed by atoms with van der Waals surface area (Å²) < 4.78 is 60.8. The van der Waals surface area contributed by atoms with E-state index in [0.717, 1.165) is 6.20 Å². The second kappa shape index (κ2) is 13.0. The number of pyridine rings is 1. The first-order chi connectivity index (χ1) is 20.7. The maximum Gasteiger partial charge on any atom is 0.345 e. The number of hydrogen-bond acceptors (Lipinski definition) is 8. The summed E-state index contributed by atoms with van der Waals surface area (Å²) in [7, 11) is 3.19. The van der Waals surface area contributed by atoms with Crippen LogP contribution < -0.4 is 9.47 Å². The Morgan fingerprint density at radius 1 is 1.07 bits per heavy atom. The number of rotatable bonds is 12. The Hall–Kier alpha value is -4.18. The van der Waals surface area contributed by atoms with Crippen LogP contribution in [0.15, 0.2) is 55.2 Å². The molecular formula is C26H23Cl2F3N8O4. The van der Waals surface area contributed by atoms with Crippen LogP contribution >= 0.6 is 23.2 Å². The van der Waals surface area contributed by atoms with Gasteiger partial charge in [0.15, 0.2) is 29.7 Å². The number of aryl methyl sites for hydroxylation is 1. The number of ether oxygens (including phenoxy) is 3. The lowest BCUT2D eigenvalue weighted by Crippen LogP contribution is -2.36. The summed E-state index contributed by atoms with van der Waals surface area (Å²) >= 11 is 12.0. The van der Waals surface area contributed by atoms with Gasteiger partial charge in [-0.15, -0.1) is 5.10 Å². The lowest BCUT2D eigenvalue weighted by molar-refractivity contribution is -0.615. The van der Waals surface area contributed by atoms with Gasteiger partial charge < -0.3 is 19.4 Å². The minimum atomic E-state index is -3.00. The molecule has 17 heteroatoms. The van der Waals surface area contributed by atoms with Crippen LogP contribution in [0.5, 0.6) is 5.75 Å². The number of benzene rings is 1. The average molecular weight is 639 g/mol. The minimum absolute atomic E-state index is 0.0121. The van der Waals surface area contributed by atoms with Gasteiger partial charge in [-0.25, -0.2) is 9.07 Å². The molecule has 0 radical (unpaired) electrons. The summed E-state index contributed by atoms with van der Waals surface area (Å²) in [5, 5.41) is 29.6. The molecule has 226 valence electrons. The number of alkyl halides is 2. The topological polar surface area (TPSA) is 121 Å². The third-order valence-corrected chi connectivity index (χ3v) is 6.89. The molecule has 0 amide bonds. The fourth-order valence-corrected chi connectivity index (χ4v) is 4.84. The Morgan fingerprint density at radius 3 is 2.58 bits per heavy atom. The first kappa shape index (κ1) is 30.3. The van der Waals surface area contributed by atoms with Crippen molar-refractivity contribution in [1.29, 1.82) is 0 Å². The Labute approximate surface area is 252 Å². The van der Waals surface area contributed by atoms with Crippen molar-refractivity contribution in [1.82, 2.24) is 34.6 Å². The highest BCUT2D eigenvalue weighted by Crippen LogP contribution is 2.35. The van der Waals surface area contributed by atoms with Crippen LogP contribution in [0.2, 0.25) is 10.2 Å². The molecule has 0 saturated carbocycles.